The van der Waals surface area contributed by atoms with Crippen molar-refractivity contribution in [3.63, 3.8) is 0 Å². The molecule has 0 aromatic heterocycles. The van der Waals surface area contributed by atoms with Crippen LogP contribution in [0.2, 0.25) is 0 Å². The topological polar surface area (TPSA) is 69.5 Å². The number of oxime groups is 2. The maximum atomic E-state index is 12.0. The summed E-state index contributed by atoms with van der Waals surface area (Å²) >= 11 is 0. The first-order valence-electron chi connectivity index (χ1n) is 10.7. The van der Waals surface area contributed by atoms with Gasteiger partial charge < -0.3 is 14.4 Å². The fraction of sp³-hybridized carbons (Fsp3) is 0.542. The lowest BCUT2D eigenvalue weighted by molar-refractivity contribution is -0.133. The van der Waals surface area contributed by atoms with Gasteiger partial charge in [0.1, 0.15) is 25.1 Å². The summed E-state index contributed by atoms with van der Waals surface area (Å²) in [6.07, 6.45) is 7.62. The minimum absolute atomic E-state index is 0.243. The summed E-state index contributed by atoms with van der Waals surface area (Å²) in [6, 6.07) is 7.58. The molecular weight excluding hydrogens is 380 g/mol. The molecule has 0 heterocycles. The van der Waals surface area contributed by atoms with Crippen molar-refractivity contribution in [3.8, 4) is 0 Å². The number of carbonyl (C=O) groups excluding carboxylic acids is 1. The molecule has 1 aliphatic rings. The Morgan fingerprint density at radius 1 is 1.10 bits per heavy atom. The van der Waals surface area contributed by atoms with Crippen LogP contribution in [0, 0.1) is 5.92 Å². The molecule has 30 heavy (non-hydrogen) atoms. The normalized spacial score (nSPS) is 15.7. The van der Waals surface area contributed by atoms with Gasteiger partial charge in [0.05, 0.1) is 12.7 Å². The highest BCUT2D eigenvalue weighted by Gasteiger charge is 2.22. The van der Waals surface area contributed by atoms with Crippen LogP contribution < -0.4 is 0 Å². The van der Waals surface area contributed by atoms with Gasteiger partial charge in [-0.3, -0.25) is 0 Å². The lowest BCUT2D eigenvalue weighted by Gasteiger charge is -2.22. The van der Waals surface area contributed by atoms with Gasteiger partial charge in [0.2, 0.25) is 0 Å². The maximum Gasteiger partial charge on any atom is 0.338 e. The number of benzene rings is 1. The molecule has 0 bridgehead atoms. The SMILES string of the molecule is C/C=C(/C(=O)OC)c1ccccc1CO/N=C(C)\C(=N/OC)C1CCCCC1.CC. The number of ether oxygens (including phenoxy) is 1. The van der Waals surface area contributed by atoms with Crippen molar-refractivity contribution in [3.05, 3.63) is 41.5 Å². The third-order valence-electron chi connectivity index (χ3n) is 4.98. The van der Waals surface area contributed by atoms with Crippen molar-refractivity contribution in [2.45, 2.75) is 66.4 Å². The van der Waals surface area contributed by atoms with E-state index in [9.17, 15) is 4.79 Å². The molecule has 2 rings (SSSR count). The van der Waals surface area contributed by atoms with Crippen LogP contribution in [0.1, 0.15) is 70.9 Å². The smallest absolute Gasteiger partial charge is 0.338 e. The summed E-state index contributed by atoms with van der Waals surface area (Å²) in [6.45, 7) is 7.95. The third kappa shape index (κ3) is 7.32. The number of allylic oxidation sites excluding steroid dienone is 1. The molecule has 0 aliphatic heterocycles. The van der Waals surface area contributed by atoms with Gasteiger partial charge in [-0.25, -0.2) is 4.79 Å². The molecule has 0 atom stereocenters. The van der Waals surface area contributed by atoms with Crippen molar-refractivity contribution in [2.75, 3.05) is 14.2 Å². The standard InChI is InChI=1S/C22H30N2O4.C2H6/c1-5-19(22(25)26-3)20-14-10-9-13-18(20)15-28-23-16(2)21(24-27-4)17-11-7-6-8-12-17;1-2/h5,9-10,13-14,17H,6-8,11-12,15H2,1-4H3;1-2H3/b19-5+,23-16-,24-21+;. The van der Waals surface area contributed by atoms with E-state index in [1.807, 2.05) is 52.0 Å². The van der Waals surface area contributed by atoms with E-state index < -0.39 is 0 Å². The Labute approximate surface area is 181 Å². The van der Waals surface area contributed by atoms with Crippen molar-refractivity contribution in [1.82, 2.24) is 0 Å². The number of methoxy groups -OCH3 is 1. The Kier molecular flexibility index (Phi) is 12.2. The van der Waals surface area contributed by atoms with Gasteiger partial charge in [0.25, 0.3) is 0 Å². The predicted octanol–water partition coefficient (Wildman–Crippen LogP) is 5.76. The van der Waals surface area contributed by atoms with E-state index in [0.29, 0.717) is 11.5 Å². The van der Waals surface area contributed by atoms with Crippen LogP contribution in [-0.4, -0.2) is 31.6 Å². The van der Waals surface area contributed by atoms with Gasteiger partial charge >= 0.3 is 5.97 Å². The highest BCUT2D eigenvalue weighted by Crippen LogP contribution is 2.26. The molecule has 1 aliphatic carbocycles. The van der Waals surface area contributed by atoms with Crippen LogP contribution >= 0.6 is 0 Å². The van der Waals surface area contributed by atoms with Crippen LogP contribution in [0.4, 0.5) is 0 Å². The second-order valence-electron chi connectivity index (χ2n) is 6.80. The van der Waals surface area contributed by atoms with Crippen molar-refractivity contribution in [2.24, 2.45) is 16.2 Å². The van der Waals surface area contributed by atoms with Crippen LogP contribution in [0.25, 0.3) is 5.57 Å². The summed E-state index contributed by atoms with van der Waals surface area (Å²) in [4.78, 5) is 22.7. The molecule has 0 N–H and O–H groups in total. The number of nitrogens with zero attached hydrogens (tertiary/aromatic N) is 2. The molecule has 0 amide bonds. The van der Waals surface area contributed by atoms with Gasteiger partial charge in [-0.05, 0) is 32.3 Å². The molecular formula is C24H36N2O4. The number of carbonyl (C=O) groups is 1. The maximum absolute atomic E-state index is 12.0. The largest absolute Gasteiger partial charge is 0.465 e. The van der Waals surface area contributed by atoms with Gasteiger partial charge in [-0.2, -0.15) is 0 Å². The molecule has 0 saturated heterocycles. The number of esters is 1. The molecule has 0 radical (unpaired) electrons. The van der Waals surface area contributed by atoms with E-state index in [4.69, 9.17) is 14.4 Å². The van der Waals surface area contributed by atoms with Crippen molar-refractivity contribution >= 4 is 23.0 Å². The monoisotopic (exact) mass is 416 g/mol. The zero-order valence-corrected chi connectivity index (χ0v) is 19.2. The first-order chi connectivity index (χ1) is 14.6. The van der Waals surface area contributed by atoms with Gasteiger partial charge in [0, 0.05) is 11.5 Å². The summed E-state index contributed by atoms with van der Waals surface area (Å²) in [7, 11) is 2.93. The number of hydrogen-bond donors (Lipinski definition) is 0. The average molecular weight is 417 g/mol. The molecule has 1 saturated carbocycles. The van der Waals surface area contributed by atoms with Gasteiger partial charge in [-0.1, -0.05) is 73.8 Å². The van der Waals surface area contributed by atoms with Crippen LogP contribution in [0.3, 0.4) is 0 Å². The summed E-state index contributed by atoms with van der Waals surface area (Å²) in [5.41, 5.74) is 3.74. The summed E-state index contributed by atoms with van der Waals surface area (Å²) in [5, 5.41) is 8.48. The lowest BCUT2D eigenvalue weighted by atomic mass is 9.84. The van der Waals surface area contributed by atoms with E-state index >= 15 is 0 Å². The summed E-state index contributed by atoms with van der Waals surface area (Å²) < 4.78 is 4.88. The van der Waals surface area contributed by atoms with Gasteiger partial charge in [-0.15, -0.1) is 0 Å². The quantitative estimate of drug-likeness (QED) is 0.234. The molecule has 1 fully saturated rings. The fourth-order valence-electron chi connectivity index (χ4n) is 3.56. The van der Waals surface area contributed by atoms with E-state index in [1.54, 1.807) is 13.2 Å². The van der Waals surface area contributed by atoms with Gasteiger partial charge in [0.15, 0.2) is 0 Å². The van der Waals surface area contributed by atoms with Crippen molar-refractivity contribution in [1.29, 1.82) is 0 Å². The first-order valence-corrected chi connectivity index (χ1v) is 10.7. The lowest BCUT2D eigenvalue weighted by Crippen LogP contribution is -2.25. The predicted molar refractivity (Wildman–Crippen MR) is 122 cm³/mol. The third-order valence-corrected chi connectivity index (χ3v) is 4.98. The Morgan fingerprint density at radius 3 is 2.37 bits per heavy atom. The first kappa shape index (κ1) is 25.4. The highest BCUT2D eigenvalue weighted by atomic mass is 16.6. The average Bonchev–Trinajstić information content (AvgIpc) is 2.80. The van der Waals surface area contributed by atoms with E-state index in [0.717, 1.165) is 35.4 Å². The van der Waals surface area contributed by atoms with E-state index in [1.165, 1.54) is 26.4 Å². The minimum atomic E-state index is -0.374. The van der Waals surface area contributed by atoms with Crippen molar-refractivity contribution < 1.29 is 19.2 Å². The second kappa shape index (κ2) is 14.4. The van der Waals surface area contributed by atoms with Crippen LogP contribution in [0.5, 0.6) is 0 Å². The Hall–Kier alpha value is -2.63. The minimum Gasteiger partial charge on any atom is -0.465 e. The number of rotatable bonds is 8. The molecule has 166 valence electrons. The Balaban J connectivity index is 0.00000218. The fourth-order valence-corrected chi connectivity index (χ4v) is 3.56. The molecule has 1 aromatic carbocycles. The molecule has 6 heteroatoms. The van der Waals surface area contributed by atoms with Crippen LogP contribution in [-0.2, 0) is 25.8 Å². The zero-order valence-electron chi connectivity index (χ0n) is 19.2. The Morgan fingerprint density at radius 2 is 1.77 bits per heavy atom. The summed E-state index contributed by atoms with van der Waals surface area (Å²) in [5.74, 6) is -0.0104. The zero-order chi connectivity index (χ0) is 22.4. The van der Waals surface area contributed by atoms with E-state index in [2.05, 4.69) is 10.3 Å². The molecule has 1 aromatic rings. The molecule has 0 spiro atoms. The highest BCUT2D eigenvalue weighted by molar-refractivity contribution is 6.42. The molecule has 0 unspecified atom stereocenters. The van der Waals surface area contributed by atoms with Crippen LogP contribution in [0.15, 0.2) is 40.7 Å². The van der Waals surface area contributed by atoms with E-state index in [-0.39, 0.29) is 12.6 Å². The second-order valence-corrected chi connectivity index (χ2v) is 6.80. The molecule has 6 nitrogen and oxygen atoms in total. The Bertz CT molecular complexity index is 747. The number of hydrogen-bond acceptors (Lipinski definition) is 6.